The molecule has 33 heavy (non-hydrogen) atoms. The molecule has 2 aliphatic carbocycles. The topological polar surface area (TPSA) is 32.3 Å². The molecule has 0 spiro atoms. The second-order valence-corrected chi connectivity index (χ2v) is 8.61. The van der Waals surface area contributed by atoms with Crippen LogP contribution in [0.4, 0.5) is 0 Å². The van der Waals surface area contributed by atoms with E-state index in [2.05, 4.69) is 59.9 Å². The van der Waals surface area contributed by atoms with Crippen LogP contribution in [0.3, 0.4) is 0 Å². The van der Waals surface area contributed by atoms with Crippen LogP contribution >= 0.6 is 0 Å². The number of aliphatic hydroxyl groups is 1. The Labute approximate surface area is 196 Å². The third-order valence-electron chi connectivity index (χ3n) is 6.62. The first-order valence-electron chi connectivity index (χ1n) is 11.7. The molecule has 0 fully saturated rings. The number of aryl methyl sites for hydroxylation is 1. The summed E-state index contributed by atoms with van der Waals surface area (Å²) in [7, 11) is 0. The molecular weight excluding hydrogens is 402 g/mol. The van der Waals surface area contributed by atoms with Crippen molar-refractivity contribution in [2.24, 2.45) is 0 Å². The van der Waals surface area contributed by atoms with E-state index in [9.17, 15) is 5.11 Å². The molecule has 3 aromatic rings. The Balaban J connectivity index is 0.000000281. The maximum Gasteiger partial charge on any atom is 0.0681 e. The normalized spacial score (nSPS) is 15.1. The Hall–Kier alpha value is -3.62. The summed E-state index contributed by atoms with van der Waals surface area (Å²) in [5.74, 6) is 0. The lowest BCUT2D eigenvalue weighted by atomic mass is 9.78. The summed E-state index contributed by atoms with van der Waals surface area (Å²) < 4.78 is 0. The van der Waals surface area contributed by atoms with Crippen molar-refractivity contribution in [1.82, 2.24) is 5.32 Å². The number of fused-ring (bicyclic) bond motifs is 5. The highest BCUT2D eigenvalue weighted by molar-refractivity contribution is 5.87. The standard InChI is InChI=1S/C25H22O.C6H7N/c26-16-17-5-7-18(8-6-17)20-10-12-23-21(15-20)11-14-24-22-4-2-1-3-19(22)9-13-25(23)24;1-2-4-6-7-5-3-1/h1-8,11,14-15,26H,9-10,12-13,16H2;1-7H. The molecule has 1 aliphatic heterocycles. The van der Waals surface area contributed by atoms with Gasteiger partial charge in [0.05, 0.1) is 6.61 Å². The van der Waals surface area contributed by atoms with E-state index in [0.29, 0.717) is 0 Å². The third-order valence-corrected chi connectivity index (χ3v) is 6.62. The number of hydrogen-bond donors (Lipinski definition) is 2. The molecule has 2 nitrogen and oxygen atoms in total. The minimum absolute atomic E-state index is 0.107. The largest absolute Gasteiger partial charge is 0.392 e. The van der Waals surface area contributed by atoms with E-state index in [1.165, 1.54) is 33.4 Å². The van der Waals surface area contributed by atoms with Crippen molar-refractivity contribution in [3.8, 4) is 11.1 Å². The van der Waals surface area contributed by atoms with Crippen molar-refractivity contribution < 1.29 is 5.11 Å². The molecule has 0 radical (unpaired) electrons. The monoisotopic (exact) mass is 431 g/mol. The van der Waals surface area contributed by atoms with E-state index in [0.717, 1.165) is 31.2 Å². The number of nitrogens with one attached hydrogen (secondary N) is 1. The van der Waals surface area contributed by atoms with Crippen LogP contribution in [0, 0.1) is 0 Å². The summed E-state index contributed by atoms with van der Waals surface area (Å²) in [4.78, 5) is 0. The molecule has 0 saturated heterocycles. The molecule has 0 amide bonds. The molecule has 0 saturated carbocycles. The van der Waals surface area contributed by atoms with Crippen LogP contribution in [0.5, 0.6) is 0 Å². The summed E-state index contributed by atoms with van der Waals surface area (Å²) >= 11 is 0. The van der Waals surface area contributed by atoms with Crippen LogP contribution in [0.2, 0.25) is 0 Å². The van der Waals surface area contributed by atoms with Gasteiger partial charge in [-0.3, -0.25) is 0 Å². The predicted octanol–water partition coefficient (Wildman–Crippen LogP) is 6.60. The number of hydrogen-bond acceptors (Lipinski definition) is 2. The maximum absolute atomic E-state index is 9.24. The van der Waals surface area contributed by atoms with Crippen LogP contribution in [0.15, 0.2) is 97.4 Å². The fraction of sp³-hybridized carbons (Fsp3) is 0.161. The number of rotatable bonds is 2. The molecule has 0 aromatic heterocycles. The molecule has 6 rings (SSSR count). The number of allylic oxidation sites excluding steroid dienone is 5. The van der Waals surface area contributed by atoms with Gasteiger partial charge in [0.2, 0.25) is 0 Å². The first kappa shape index (κ1) is 21.2. The van der Waals surface area contributed by atoms with Crippen molar-refractivity contribution in [2.45, 2.75) is 32.3 Å². The quantitative estimate of drug-likeness (QED) is 0.479. The number of aliphatic hydroxyl groups excluding tert-OH is 1. The first-order valence-corrected chi connectivity index (χ1v) is 11.7. The molecule has 0 atom stereocenters. The summed E-state index contributed by atoms with van der Waals surface area (Å²) in [6, 6.07) is 21.8. The fourth-order valence-electron chi connectivity index (χ4n) is 4.92. The molecule has 0 bridgehead atoms. The third kappa shape index (κ3) is 4.62. The second-order valence-electron chi connectivity index (χ2n) is 8.61. The molecule has 2 N–H and O–H groups in total. The van der Waals surface area contributed by atoms with Crippen LogP contribution in [0.1, 0.15) is 39.8 Å². The van der Waals surface area contributed by atoms with E-state index in [1.807, 2.05) is 48.8 Å². The molecule has 0 unspecified atom stereocenters. The smallest absolute Gasteiger partial charge is 0.0681 e. The molecule has 2 heteroatoms. The van der Waals surface area contributed by atoms with Gasteiger partial charge >= 0.3 is 0 Å². The summed E-state index contributed by atoms with van der Waals surface area (Å²) in [6.07, 6.45) is 18.5. The van der Waals surface area contributed by atoms with E-state index in [4.69, 9.17) is 0 Å². The van der Waals surface area contributed by atoms with Gasteiger partial charge in [-0.2, -0.15) is 0 Å². The zero-order valence-electron chi connectivity index (χ0n) is 18.8. The average molecular weight is 432 g/mol. The summed E-state index contributed by atoms with van der Waals surface area (Å²) in [6.45, 7) is 0.107. The molecular formula is C31H29NO. The van der Waals surface area contributed by atoms with E-state index >= 15 is 0 Å². The molecule has 1 heterocycles. The Morgan fingerprint density at radius 1 is 0.667 bits per heavy atom. The maximum atomic E-state index is 9.24. The lowest BCUT2D eigenvalue weighted by Crippen LogP contribution is -2.10. The van der Waals surface area contributed by atoms with Crippen LogP contribution in [0.25, 0.3) is 22.8 Å². The van der Waals surface area contributed by atoms with Gasteiger partial charge in [-0.1, -0.05) is 78.9 Å². The summed E-state index contributed by atoms with van der Waals surface area (Å²) in [5.41, 5.74) is 12.5. The fourth-order valence-corrected chi connectivity index (χ4v) is 4.92. The zero-order valence-corrected chi connectivity index (χ0v) is 18.8. The first-order chi connectivity index (χ1) is 16.3. The lowest BCUT2D eigenvalue weighted by Gasteiger charge is -2.26. The minimum atomic E-state index is 0.107. The van der Waals surface area contributed by atoms with Gasteiger partial charge in [0, 0.05) is 12.4 Å². The van der Waals surface area contributed by atoms with Gasteiger partial charge in [-0.25, -0.2) is 0 Å². The predicted molar refractivity (Wildman–Crippen MR) is 138 cm³/mol. The van der Waals surface area contributed by atoms with Crippen molar-refractivity contribution in [2.75, 3.05) is 0 Å². The van der Waals surface area contributed by atoms with Crippen molar-refractivity contribution in [1.29, 1.82) is 0 Å². The molecule has 3 aromatic carbocycles. The van der Waals surface area contributed by atoms with Gasteiger partial charge in [0.25, 0.3) is 0 Å². The van der Waals surface area contributed by atoms with Gasteiger partial charge < -0.3 is 10.4 Å². The van der Waals surface area contributed by atoms with Crippen LogP contribution in [-0.4, -0.2) is 5.11 Å². The van der Waals surface area contributed by atoms with Gasteiger partial charge in [0.15, 0.2) is 0 Å². The van der Waals surface area contributed by atoms with Crippen molar-refractivity contribution >= 4 is 11.6 Å². The summed E-state index contributed by atoms with van der Waals surface area (Å²) in [5, 5.41) is 12.2. The second kappa shape index (κ2) is 9.89. The average Bonchev–Trinajstić information content (AvgIpc) is 3.22. The lowest BCUT2D eigenvalue weighted by molar-refractivity contribution is 0.282. The van der Waals surface area contributed by atoms with E-state index < -0.39 is 0 Å². The Bertz CT molecular complexity index is 1240. The molecule has 3 aliphatic rings. The Morgan fingerprint density at radius 2 is 1.42 bits per heavy atom. The minimum Gasteiger partial charge on any atom is -0.392 e. The van der Waals surface area contributed by atoms with Gasteiger partial charge in [-0.15, -0.1) is 0 Å². The Kier molecular flexibility index (Phi) is 6.37. The van der Waals surface area contributed by atoms with Gasteiger partial charge in [-0.05, 0) is 87.9 Å². The highest BCUT2D eigenvalue weighted by Crippen LogP contribution is 2.40. The Morgan fingerprint density at radius 3 is 2.21 bits per heavy atom. The highest BCUT2D eigenvalue weighted by Gasteiger charge is 2.22. The highest BCUT2D eigenvalue weighted by atomic mass is 16.3. The molecule has 164 valence electrons. The van der Waals surface area contributed by atoms with E-state index in [-0.39, 0.29) is 6.61 Å². The van der Waals surface area contributed by atoms with E-state index in [1.54, 1.807) is 11.1 Å². The number of benzene rings is 3. The van der Waals surface area contributed by atoms with Crippen LogP contribution < -0.4 is 5.32 Å². The SMILES string of the molecule is C1=CC=CNC=C1.OCc1ccc(C2=Cc3ccc4c(c3CC2)CCc2ccccc2-4)cc1. The zero-order chi connectivity index (χ0) is 22.5. The van der Waals surface area contributed by atoms with Crippen molar-refractivity contribution in [3.63, 3.8) is 0 Å². The van der Waals surface area contributed by atoms with Gasteiger partial charge in [0.1, 0.15) is 0 Å². The van der Waals surface area contributed by atoms with Crippen LogP contribution in [-0.2, 0) is 25.9 Å². The van der Waals surface area contributed by atoms with Crippen molar-refractivity contribution in [3.05, 3.63) is 131 Å².